The van der Waals surface area contributed by atoms with Crippen LogP contribution in [-0.4, -0.2) is 58.8 Å². The molecule has 2 aromatic carbocycles. The number of hydrogen-bond donors (Lipinski definition) is 3. The molecular formula is C24H26N2O4. The normalized spacial score (nSPS) is 17.6. The highest BCUT2D eigenvalue weighted by molar-refractivity contribution is 5.89. The van der Waals surface area contributed by atoms with E-state index >= 15 is 0 Å². The van der Waals surface area contributed by atoms with Crippen LogP contribution >= 0.6 is 0 Å². The van der Waals surface area contributed by atoms with E-state index in [-0.39, 0.29) is 5.92 Å². The topological polar surface area (TPSA) is 89.9 Å². The maximum Gasteiger partial charge on any atom is 0.318 e. The van der Waals surface area contributed by atoms with E-state index in [1.165, 1.54) is 6.92 Å². The highest BCUT2D eigenvalue weighted by atomic mass is 16.3. The van der Waals surface area contributed by atoms with E-state index < -0.39 is 30.6 Å². The molecule has 6 nitrogen and oxygen atoms in total. The fourth-order valence-corrected chi connectivity index (χ4v) is 3.51. The quantitative estimate of drug-likeness (QED) is 0.662. The summed E-state index contributed by atoms with van der Waals surface area (Å²) < 4.78 is 0. The van der Waals surface area contributed by atoms with Crippen molar-refractivity contribution in [3.8, 4) is 11.8 Å². The molecule has 1 fully saturated rings. The van der Waals surface area contributed by atoms with E-state index in [2.05, 4.69) is 17.2 Å². The van der Waals surface area contributed by atoms with Gasteiger partial charge in [0.05, 0.1) is 6.10 Å². The highest BCUT2D eigenvalue weighted by Gasteiger charge is 2.31. The summed E-state index contributed by atoms with van der Waals surface area (Å²) >= 11 is 0. The van der Waals surface area contributed by atoms with Crippen LogP contribution in [0.3, 0.4) is 0 Å². The van der Waals surface area contributed by atoms with Crippen molar-refractivity contribution in [3.05, 3.63) is 71.3 Å². The minimum absolute atomic E-state index is 0.199. The van der Waals surface area contributed by atoms with Crippen LogP contribution in [0.5, 0.6) is 0 Å². The molecule has 1 saturated heterocycles. The van der Waals surface area contributed by atoms with Gasteiger partial charge in [-0.15, -0.1) is 0 Å². The molecule has 0 bridgehead atoms. The number of likely N-dealkylation sites (tertiary alicyclic amines) is 1. The fraction of sp³-hybridized carbons (Fsp3) is 0.333. The summed E-state index contributed by atoms with van der Waals surface area (Å²) in [6.07, 6.45) is -0.257. The van der Waals surface area contributed by atoms with E-state index in [0.29, 0.717) is 13.1 Å². The molecule has 1 unspecified atom stereocenters. The largest absolute Gasteiger partial charge is 0.391 e. The van der Waals surface area contributed by atoms with Gasteiger partial charge < -0.3 is 20.4 Å². The van der Waals surface area contributed by atoms with Crippen LogP contribution in [0.15, 0.2) is 54.6 Å². The zero-order valence-electron chi connectivity index (χ0n) is 16.9. The molecule has 30 heavy (non-hydrogen) atoms. The molecule has 3 rings (SSSR count). The van der Waals surface area contributed by atoms with E-state index in [9.17, 15) is 14.7 Å². The number of carbonyl (C=O) groups is 2. The van der Waals surface area contributed by atoms with Crippen molar-refractivity contribution in [2.45, 2.75) is 31.4 Å². The Morgan fingerprint density at radius 3 is 2.33 bits per heavy atom. The molecule has 156 valence electrons. The predicted molar refractivity (Wildman–Crippen MR) is 114 cm³/mol. The first-order chi connectivity index (χ1) is 14.5. The molecule has 2 aromatic rings. The number of nitrogens with zero attached hydrogens (tertiary/aromatic N) is 1. The zero-order chi connectivity index (χ0) is 21.5. The summed E-state index contributed by atoms with van der Waals surface area (Å²) in [5.41, 5.74) is 3.03. The summed E-state index contributed by atoms with van der Waals surface area (Å²) in [7, 11) is 0. The molecule has 2 amide bonds. The molecule has 6 heteroatoms. The van der Waals surface area contributed by atoms with Crippen molar-refractivity contribution in [2.24, 2.45) is 0 Å². The van der Waals surface area contributed by atoms with Gasteiger partial charge in [-0.3, -0.25) is 4.79 Å². The van der Waals surface area contributed by atoms with Crippen molar-refractivity contribution in [2.75, 3.05) is 19.7 Å². The van der Waals surface area contributed by atoms with Crippen LogP contribution in [0.2, 0.25) is 0 Å². The second kappa shape index (κ2) is 10.1. The molecule has 0 aromatic heterocycles. The van der Waals surface area contributed by atoms with Crippen molar-refractivity contribution < 1.29 is 19.8 Å². The molecule has 3 N–H and O–H groups in total. The third-order valence-corrected chi connectivity index (χ3v) is 5.25. The Bertz CT molecular complexity index is 929. The number of nitrogens with one attached hydrogen (secondary N) is 1. The van der Waals surface area contributed by atoms with Gasteiger partial charge >= 0.3 is 6.03 Å². The lowest BCUT2D eigenvalue weighted by molar-refractivity contribution is -0.125. The molecule has 0 radical (unpaired) electrons. The summed E-state index contributed by atoms with van der Waals surface area (Å²) in [6, 6.07) is 16.3. The van der Waals surface area contributed by atoms with Gasteiger partial charge in [0.15, 0.2) is 5.78 Å². The van der Waals surface area contributed by atoms with E-state index in [1.54, 1.807) is 4.90 Å². The molecule has 1 aliphatic heterocycles. The first kappa shape index (κ1) is 21.6. The maximum atomic E-state index is 12.5. The van der Waals surface area contributed by atoms with Crippen molar-refractivity contribution in [1.82, 2.24) is 10.2 Å². The number of hydrogen-bond acceptors (Lipinski definition) is 4. The van der Waals surface area contributed by atoms with E-state index in [1.807, 2.05) is 54.6 Å². The van der Waals surface area contributed by atoms with Gasteiger partial charge in [-0.05, 0) is 43.2 Å². The number of ketones is 1. The Hall–Kier alpha value is -3.14. The number of carbonyl (C=O) groups excluding carboxylic acids is 2. The van der Waals surface area contributed by atoms with Gasteiger partial charge in [-0.25, -0.2) is 4.79 Å². The van der Waals surface area contributed by atoms with Crippen LogP contribution in [0.1, 0.15) is 36.0 Å². The van der Waals surface area contributed by atoms with Crippen LogP contribution in [0, 0.1) is 11.8 Å². The monoisotopic (exact) mass is 406 g/mol. The Kier molecular flexibility index (Phi) is 7.23. The molecule has 0 aliphatic carbocycles. The fourth-order valence-electron chi connectivity index (χ4n) is 3.51. The molecule has 0 saturated carbocycles. The summed E-state index contributed by atoms with van der Waals surface area (Å²) in [6.45, 7) is 1.78. The second-order valence-electron chi connectivity index (χ2n) is 7.46. The van der Waals surface area contributed by atoms with Crippen LogP contribution in [0.25, 0.3) is 0 Å². The summed E-state index contributed by atoms with van der Waals surface area (Å²) in [4.78, 5) is 25.8. The van der Waals surface area contributed by atoms with Gasteiger partial charge in [-0.1, -0.05) is 42.2 Å². The van der Waals surface area contributed by atoms with Crippen LogP contribution in [0.4, 0.5) is 4.79 Å². The van der Waals surface area contributed by atoms with Gasteiger partial charge in [-0.2, -0.15) is 0 Å². The van der Waals surface area contributed by atoms with Gasteiger partial charge in [0.2, 0.25) is 0 Å². The van der Waals surface area contributed by atoms with Crippen molar-refractivity contribution in [1.29, 1.82) is 0 Å². The molecule has 1 aliphatic rings. The smallest absolute Gasteiger partial charge is 0.318 e. The first-order valence-corrected chi connectivity index (χ1v) is 10.0. The number of rotatable bonds is 5. The second-order valence-corrected chi connectivity index (χ2v) is 7.46. The highest BCUT2D eigenvalue weighted by Crippen LogP contribution is 2.27. The predicted octanol–water partition coefficient (Wildman–Crippen LogP) is 1.90. The Morgan fingerprint density at radius 1 is 1.10 bits per heavy atom. The number of aliphatic hydroxyl groups is 2. The summed E-state index contributed by atoms with van der Waals surface area (Å²) in [5, 5.41) is 21.2. The number of aliphatic hydroxyl groups excluding tert-OH is 2. The number of urea groups is 1. The molecule has 1 heterocycles. The standard InChI is InChI=1S/C24H26N2O4/c1-17(28)23(22(29)16-27)25-24(30)26-14-13-21(15-26)20-11-9-19(10-12-20)8-7-18-5-3-2-4-6-18/h2-6,9-12,17,21,23,27-28H,13-16H2,1H3,(H,25,30)/t17-,21?,23+/m0/s1. The number of amides is 2. The van der Waals surface area contributed by atoms with Gasteiger partial charge in [0.1, 0.15) is 12.6 Å². The minimum Gasteiger partial charge on any atom is -0.391 e. The first-order valence-electron chi connectivity index (χ1n) is 10.0. The van der Waals surface area contributed by atoms with Crippen molar-refractivity contribution >= 4 is 11.8 Å². The average molecular weight is 406 g/mol. The Morgan fingerprint density at radius 2 is 1.73 bits per heavy atom. The summed E-state index contributed by atoms with van der Waals surface area (Å²) in [5.74, 6) is 5.88. The van der Waals surface area contributed by atoms with Crippen LogP contribution < -0.4 is 5.32 Å². The Labute approximate surface area is 176 Å². The van der Waals surface area contributed by atoms with Gasteiger partial charge in [0.25, 0.3) is 0 Å². The van der Waals surface area contributed by atoms with Crippen LogP contribution in [-0.2, 0) is 4.79 Å². The van der Waals surface area contributed by atoms with E-state index in [0.717, 1.165) is 23.1 Å². The molecular weight excluding hydrogens is 380 g/mol. The molecule has 3 atom stereocenters. The van der Waals surface area contributed by atoms with Gasteiger partial charge in [0, 0.05) is 30.1 Å². The lowest BCUT2D eigenvalue weighted by Gasteiger charge is -2.24. The lowest BCUT2D eigenvalue weighted by Crippen LogP contribution is -2.52. The average Bonchev–Trinajstić information content (AvgIpc) is 3.26. The Balaban J connectivity index is 1.59. The number of benzene rings is 2. The van der Waals surface area contributed by atoms with Crippen molar-refractivity contribution in [3.63, 3.8) is 0 Å². The third-order valence-electron chi connectivity index (χ3n) is 5.25. The minimum atomic E-state index is -1.11. The SMILES string of the molecule is C[C@H](O)[C@@H](NC(=O)N1CCC(c2ccc(C#Cc3ccccc3)cc2)C1)C(=O)CO. The molecule has 0 spiro atoms. The maximum absolute atomic E-state index is 12.5. The zero-order valence-corrected chi connectivity index (χ0v) is 16.9. The lowest BCUT2D eigenvalue weighted by atomic mass is 9.97. The van der Waals surface area contributed by atoms with E-state index in [4.69, 9.17) is 5.11 Å². The third kappa shape index (κ3) is 5.47. The number of Topliss-reactive ketones (excluding diaryl/α,β-unsaturated/α-hetero) is 1.